The Morgan fingerprint density at radius 3 is 1.50 bits per heavy atom. The van der Waals surface area contributed by atoms with Crippen molar-refractivity contribution in [3.05, 3.63) is 24.3 Å². The monoisotopic (exact) mass is 196 g/mol. The summed E-state index contributed by atoms with van der Waals surface area (Å²) in [4.78, 5) is 22.5. The lowest BCUT2D eigenvalue weighted by molar-refractivity contribution is -0.156. The summed E-state index contributed by atoms with van der Waals surface area (Å²) in [5.41, 5.74) is 1.10. The second-order valence-corrected chi connectivity index (χ2v) is 3.05. The van der Waals surface area contributed by atoms with Crippen LogP contribution in [-0.2, 0) is 19.1 Å². The van der Waals surface area contributed by atoms with Crippen molar-refractivity contribution in [2.45, 2.75) is 0 Å². The summed E-state index contributed by atoms with van der Waals surface area (Å²) in [6.45, 7) is 7.30. The molecule has 0 radical (unpaired) electrons. The molecule has 76 valence electrons. The van der Waals surface area contributed by atoms with E-state index < -0.39 is 23.8 Å². The molecule has 2 atom stereocenters. The second kappa shape index (κ2) is 3.65. The Morgan fingerprint density at radius 2 is 1.29 bits per heavy atom. The predicted octanol–water partition coefficient (Wildman–Crippen LogP) is 0.691. The summed E-state index contributed by atoms with van der Waals surface area (Å²) in [6, 6.07) is 0. The lowest BCUT2D eigenvalue weighted by atomic mass is 9.66. The van der Waals surface area contributed by atoms with Crippen molar-refractivity contribution in [3.63, 3.8) is 0 Å². The van der Waals surface area contributed by atoms with Crippen molar-refractivity contribution in [3.8, 4) is 0 Å². The van der Waals surface area contributed by atoms with Crippen molar-refractivity contribution in [2.24, 2.45) is 11.8 Å². The molecule has 1 fully saturated rings. The smallest absolute Gasteiger partial charge is 0.314 e. The summed E-state index contributed by atoms with van der Waals surface area (Å²) in [5, 5.41) is 0. The van der Waals surface area contributed by atoms with Crippen LogP contribution in [0.15, 0.2) is 24.3 Å². The van der Waals surface area contributed by atoms with Gasteiger partial charge in [-0.15, -0.1) is 0 Å². The molecule has 0 aromatic heterocycles. The van der Waals surface area contributed by atoms with Crippen molar-refractivity contribution >= 4 is 11.9 Å². The molecule has 4 heteroatoms. The number of ether oxygens (including phenoxy) is 2. The maximum atomic E-state index is 11.2. The van der Waals surface area contributed by atoms with Crippen molar-refractivity contribution in [1.82, 2.24) is 0 Å². The lowest BCUT2D eigenvalue weighted by Gasteiger charge is -2.36. The van der Waals surface area contributed by atoms with E-state index in [2.05, 4.69) is 22.6 Å². The molecule has 0 saturated heterocycles. The van der Waals surface area contributed by atoms with Crippen LogP contribution in [0.4, 0.5) is 0 Å². The molecular formula is C10H12O4. The molecule has 0 aliphatic heterocycles. The Balaban J connectivity index is 2.85. The van der Waals surface area contributed by atoms with Gasteiger partial charge in [0.25, 0.3) is 0 Å². The van der Waals surface area contributed by atoms with Gasteiger partial charge in [-0.1, -0.05) is 13.2 Å². The van der Waals surface area contributed by atoms with Gasteiger partial charge in [0.05, 0.1) is 26.1 Å². The topological polar surface area (TPSA) is 52.6 Å². The zero-order valence-electron chi connectivity index (χ0n) is 8.20. The zero-order valence-corrected chi connectivity index (χ0v) is 8.20. The van der Waals surface area contributed by atoms with Crippen molar-refractivity contribution in [1.29, 1.82) is 0 Å². The molecule has 0 heterocycles. The number of hydrogen-bond acceptors (Lipinski definition) is 4. The van der Waals surface area contributed by atoms with E-state index >= 15 is 0 Å². The molecule has 4 nitrogen and oxygen atoms in total. The SMILES string of the molecule is C=C1C(=C)[C@@H](C(=O)OC)[C@@H]1C(=O)OC. The molecule has 0 unspecified atom stereocenters. The molecule has 1 rings (SSSR count). The van der Waals surface area contributed by atoms with Gasteiger partial charge >= 0.3 is 11.9 Å². The van der Waals surface area contributed by atoms with E-state index in [1.165, 1.54) is 14.2 Å². The van der Waals surface area contributed by atoms with E-state index in [1.807, 2.05) is 0 Å². The highest BCUT2D eigenvalue weighted by molar-refractivity contribution is 5.92. The first-order valence-corrected chi connectivity index (χ1v) is 4.08. The standard InChI is InChI=1S/C10H12O4/c1-5-6(2)8(10(12)14-4)7(5)9(11)13-3/h7-8H,1-2H2,3-4H3/t7-,8-/m1/s1. The van der Waals surface area contributed by atoms with Crippen LogP contribution in [-0.4, -0.2) is 26.2 Å². The maximum Gasteiger partial charge on any atom is 0.314 e. The first-order valence-electron chi connectivity index (χ1n) is 4.08. The van der Waals surface area contributed by atoms with E-state index in [0.29, 0.717) is 11.1 Å². The van der Waals surface area contributed by atoms with Crippen LogP contribution in [0.25, 0.3) is 0 Å². The summed E-state index contributed by atoms with van der Waals surface area (Å²) in [5.74, 6) is -2.20. The Morgan fingerprint density at radius 1 is 1.00 bits per heavy atom. The minimum atomic E-state index is -0.625. The average molecular weight is 196 g/mol. The molecule has 1 saturated carbocycles. The Hall–Kier alpha value is -1.58. The number of methoxy groups -OCH3 is 2. The molecular weight excluding hydrogens is 184 g/mol. The largest absolute Gasteiger partial charge is 0.469 e. The third-order valence-corrected chi connectivity index (χ3v) is 2.41. The minimum Gasteiger partial charge on any atom is -0.469 e. The van der Waals surface area contributed by atoms with Gasteiger partial charge in [0.15, 0.2) is 0 Å². The van der Waals surface area contributed by atoms with Gasteiger partial charge in [0.1, 0.15) is 0 Å². The normalized spacial score (nSPS) is 25.3. The fourth-order valence-corrected chi connectivity index (χ4v) is 1.52. The third kappa shape index (κ3) is 1.32. The van der Waals surface area contributed by atoms with Crippen LogP contribution in [0.2, 0.25) is 0 Å². The van der Waals surface area contributed by atoms with Crippen LogP contribution < -0.4 is 0 Å². The maximum absolute atomic E-state index is 11.2. The minimum absolute atomic E-state index is 0.474. The number of carbonyl (C=O) groups is 2. The molecule has 0 bridgehead atoms. The lowest BCUT2D eigenvalue weighted by Crippen LogP contribution is -2.43. The van der Waals surface area contributed by atoms with Gasteiger partial charge in [-0.2, -0.15) is 0 Å². The first kappa shape index (κ1) is 10.5. The predicted molar refractivity (Wildman–Crippen MR) is 49.3 cm³/mol. The molecule has 0 aromatic carbocycles. The molecule has 0 amide bonds. The summed E-state index contributed by atoms with van der Waals surface area (Å²) < 4.78 is 9.10. The van der Waals surface area contributed by atoms with Gasteiger partial charge in [-0.25, -0.2) is 0 Å². The third-order valence-electron chi connectivity index (χ3n) is 2.41. The Labute approximate surface area is 82.2 Å². The van der Waals surface area contributed by atoms with E-state index in [4.69, 9.17) is 0 Å². The highest BCUT2D eigenvalue weighted by atomic mass is 16.5. The Kier molecular flexibility index (Phi) is 2.74. The van der Waals surface area contributed by atoms with Crippen LogP contribution in [0.1, 0.15) is 0 Å². The Bertz CT molecular complexity index is 284. The van der Waals surface area contributed by atoms with Gasteiger partial charge < -0.3 is 9.47 Å². The van der Waals surface area contributed by atoms with E-state index in [-0.39, 0.29) is 0 Å². The summed E-state index contributed by atoms with van der Waals surface area (Å²) in [6.07, 6.45) is 0. The fourth-order valence-electron chi connectivity index (χ4n) is 1.52. The van der Waals surface area contributed by atoms with Gasteiger partial charge in [-0.05, 0) is 11.1 Å². The van der Waals surface area contributed by atoms with E-state index in [1.54, 1.807) is 0 Å². The molecule has 1 aliphatic rings. The van der Waals surface area contributed by atoms with E-state index in [9.17, 15) is 9.59 Å². The van der Waals surface area contributed by atoms with Crippen LogP contribution >= 0.6 is 0 Å². The van der Waals surface area contributed by atoms with E-state index in [0.717, 1.165) is 0 Å². The van der Waals surface area contributed by atoms with Gasteiger partial charge in [0.2, 0.25) is 0 Å². The summed E-state index contributed by atoms with van der Waals surface area (Å²) in [7, 11) is 2.54. The molecule has 0 aromatic rings. The highest BCUT2D eigenvalue weighted by Gasteiger charge is 2.49. The van der Waals surface area contributed by atoms with Gasteiger partial charge in [-0.3, -0.25) is 9.59 Å². The molecule has 0 N–H and O–H groups in total. The number of rotatable bonds is 2. The average Bonchev–Trinajstić information content (AvgIpc) is 2.22. The second-order valence-electron chi connectivity index (χ2n) is 3.05. The first-order chi connectivity index (χ1) is 6.54. The van der Waals surface area contributed by atoms with Crippen molar-refractivity contribution in [2.75, 3.05) is 14.2 Å². The molecule has 1 aliphatic carbocycles. The number of hydrogen-bond donors (Lipinski definition) is 0. The van der Waals surface area contributed by atoms with Crippen LogP contribution in [0.5, 0.6) is 0 Å². The summed E-state index contributed by atoms with van der Waals surface area (Å²) >= 11 is 0. The number of carbonyl (C=O) groups excluding carboxylic acids is 2. The highest BCUT2D eigenvalue weighted by Crippen LogP contribution is 2.44. The van der Waals surface area contributed by atoms with Crippen LogP contribution in [0.3, 0.4) is 0 Å². The quantitative estimate of drug-likeness (QED) is 0.610. The molecule has 0 spiro atoms. The zero-order chi connectivity index (χ0) is 10.9. The van der Waals surface area contributed by atoms with Gasteiger partial charge in [0, 0.05) is 0 Å². The van der Waals surface area contributed by atoms with Crippen molar-refractivity contribution < 1.29 is 19.1 Å². The fraction of sp³-hybridized carbons (Fsp3) is 0.400. The molecule has 14 heavy (non-hydrogen) atoms. The van der Waals surface area contributed by atoms with Crippen LogP contribution in [0, 0.1) is 11.8 Å². The number of esters is 2.